The molecule has 0 radical (unpaired) electrons. The number of rotatable bonds is 2. The van der Waals surface area contributed by atoms with Gasteiger partial charge in [-0.2, -0.15) is 5.26 Å². The van der Waals surface area contributed by atoms with Gasteiger partial charge in [0, 0.05) is 0 Å². The van der Waals surface area contributed by atoms with Crippen molar-refractivity contribution in [3.05, 3.63) is 35.4 Å². The first-order valence-electron chi connectivity index (χ1n) is 6.61. The molecule has 2 aliphatic rings. The number of fused-ring (bicyclic) bond motifs is 2. The fraction of sp³-hybridized carbons (Fsp3) is 0.533. The van der Waals surface area contributed by atoms with Crippen molar-refractivity contribution in [2.75, 3.05) is 0 Å². The van der Waals surface area contributed by atoms with Gasteiger partial charge in [0.05, 0.1) is 17.6 Å². The molecule has 0 spiro atoms. The van der Waals surface area contributed by atoms with E-state index in [9.17, 15) is 19.1 Å². The summed E-state index contributed by atoms with van der Waals surface area (Å²) in [5, 5.41) is 20.0. The predicted octanol–water partition coefficient (Wildman–Crippen LogP) is 3.33. The van der Waals surface area contributed by atoms with Gasteiger partial charge in [-0.05, 0) is 48.8 Å². The minimum atomic E-state index is -1.04. The number of nitrogens with zero attached hydrogens (tertiary/aromatic N) is 1. The van der Waals surface area contributed by atoms with E-state index in [1.165, 1.54) is 6.07 Å². The smallest absolute Gasteiger partial charge is 0.159 e. The molecule has 0 aliphatic heterocycles. The first-order chi connectivity index (χ1) is 9.06. The molecule has 19 heavy (non-hydrogen) atoms. The zero-order chi connectivity index (χ0) is 13.6. The highest BCUT2D eigenvalue weighted by Crippen LogP contribution is 2.60. The van der Waals surface area contributed by atoms with Crippen LogP contribution in [-0.2, 0) is 0 Å². The zero-order valence-electron chi connectivity index (χ0n) is 10.4. The quantitative estimate of drug-likeness (QED) is 0.889. The molecule has 2 bridgehead atoms. The highest BCUT2D eigenvalue weighted by atomic mass is 19.2. The summed E-state index contributed by atoms with van der Waals surface area (Å²) in [5.74, 6) is -1.25. The molecule has 1 aromatic carbocycles. The van der Waals surface area contributed by atoms with Gasteiger partial charge in [0.15, 0.2) is 11.6 Å². The van der Waals surface area contributed by atoms with Gasteiger partial charge in [-0.1, -0.05) is 12.5 Å². The van der Waals surface area contributed by atoms with E-state index >= 15 is 0 Å². The molecule has 100 valence electrons. The maximum absolute atomic E-state index is 13.3. The minimum Gasteiger partial charge on any atom is -0.387 e. The second-order valence-electron chi connectivity index (χ2n) is 5.81. The summed E-state index contributed by atoms with van der Waals surface area (Å²) in [6.07, 6.45) is 2.64. The van der Waals surface area contributed by atoms with Gasteiger partial charge in [-0.3, -0.25) is 0 Å². The first-order valence-corrected chi connectivity index (χ1v) is 6.61. The fourth-order valence-electron chi connectivity index (χ4n) is 3.89. The summed E-state index contributed by atoms with van der Waals surface area (Å²) in [6.45, 7) is 0. The third kappa shape index (κ3) is 1.76. The van der Waals surface area contributed by atoms with Crippen LogP contribution in [0, 0.1) is 40.2 Å². The largest absolute Gasteiger partial charge is 0.387 e. The Hall–Kier alpha value is -1.47. The molecule has 0 saturated heterocycles. The van der Waals surface area contributed by atoms with Crippen LogP contribution in [-0.4, -0.2) is 5.11 Å². The lowest BCUT2D eigenvalue weighted by Gasteiger charge is -2.35. The van der Waals surface area contributed by atoms with Crippen LogP contribution in [0.1, 0.15) is 37.4 Å². The van der Waals surface area contributed by atoms with E-state index in [0.29, 0.717) is 17.9 Å². The van der Waals surface area contributed by atoms with Crippen LogP contribution >= 0.6 is 0 Å². The normalized spacial score (nSPS) is 34.2. The maximum atomic E-state index is 13.3. The molecule has 4 unspecified atom stereocenters. The SMILES string of the molecule is N#CC1(C(O)c2ccc(F)c(F)c2)CC2CCC1C2. The van der Waals surface area contributed by atoms with Crippen molar-refractivity contribution >= 4 is 0 Å². The molecule has 4 heteroatoms. The standard InChI is InChI=1S/C15H15F2NO/c16-12-4-2-10(6-13(12)17)14(19)15(8-18)7-9-1-3-11(15)5-9/h2,4,6,9,11,14,19H,1,3,5,7H2. The average molecular weight is 263 g/mol. The Morgan fingerprint density at radius 1 is 1.32 bits per heavy atom. The molecule has 2 saturated carbocycles. The van der Waals surface area contributed by atoms with Crippen molar-refractivity contribution in [3.8, 4) is 6.07 Å². The van der Waals surface area contributed by atoms with Gasteiger partial charge in [0.25, 0.3) is 0 Å². The van der Waals surface area contributed by atoms with Crippen molar-refractivity contribution in [3.63, 3.8) is 0 Å². The van der Waals surface area contributed by atoms with Crippen LogP contribution in [0.25, 0.3) is 0 Å². The number of hydrogen-bond donors (Lipinski definition) is 1. The second kappa shape index (κ2) is 4.28. The van der Waals surface area contributed by atoms with Crippen molar-refractivity contribution in [2.24, 2.45) is 17.3 Å². The number of nitriles is 1. The van der Waals surface area contributed by atoms with Crippen molar-refractivity contribution in [1.29, 1.82) is 5.26 Å². The van der Waals surface area contributed by atoms with E-state index in [4.69, 9.17) is 0 Å². The highest BCUT2D eigenvalue weighted by molar-refractivity contribution is 5.27. The van der Waals surface area contributed by atoms with E-state index in [1.807, 2.05) is 0 Å². The number of aliphatic hydroxyl groups excluding tert-OH is 1. The number of halogens is 2. The Bertz CT molecular complexity index is 554. The molecular weight excluding hydrogens is 248 g/mol. The third-order valence-corrected chi connectivity index (χ3v) is 4.85. The van der Waals surface area contributed by atoms with Crippen LogP contribution in [0.15, 0.2) is 18.2 Å². The number of aliphatic hydroxyl groups is 1. The Labute approximate surface area is 110 Å². The summed E-state index contributed by atoms with van der Waals surface area (Å²) in [5.41, 5.74) is -0.527. The van der Waals surface area contributed by atoms with Gasteiger partial charge in [0.2, 0.25) is 0 Å². The molecule has 1 N–H and O–H groups in total. The van der Waals surface area contributed by atoms with Gasteiger partial charge in [-0.15, -0.1) is 0 Å². The van der Waals surface area contributed by atoms with Crippen LogP contribution < -0.4 is 0 Å². The van der Waals surface area contributed by atoms with Gasteiger partial charge >= 0.3 is 0 Å². The molecule has 4 atom stereocenters. The summed E-state index contributed by atoms with van der Waals surface area (Å²) >= 11 is 0. The van der Waals surface area contributed by atoms with Crippen molar-refractivity contribution in [2.45, 2.75) is 31.8 Å². The molecule has 2 fully saturated rings. The maximum Gasteiger partial charge on any atom is 0.159 e. The molecule has 1 aromatic rings. The summed E-state index contributed by atoms with van der Waals surface area (Å²) in [6, 6.07) is 5.66. The van der Waals surface area contributed by atoms with E-state index < -0.39 is 23.2 Å². The lowest BCUT2D eigenvalue weighted by Crippen LogP contribution is -2.33. The number of hydrogen-bond acceptors (Lipinski definition) is 2. The molecule has 0 amide bonds. The fourth-order valence-corrected chi connectivity index (χ4v) is 3.89. The van der Waals surface area contributed by atoms with Crippen molar-refractivity contribution in [1.82, 2.24) is 0 Å². The van der Waals surface area contributed by atoms with Crippen LogP contribution in [0.3, 0.4) is 0 Å². The number of benzene rings is 1. The molecule has 2 nitrogen and oxygen atoms in total. The van der Waals surface area contributed by atoms with E-state index in [1.54, 1.807) is 0 Å². The third-order valence-electron chi connectivity index (χ3n) is 4.85. The van der Waals surface area contributed by atoms with Crippen LogP contribution in [0.2, 0.25) is 0 Å². The van der Waals surface area contributed by atoms with Gasteiger partial charge in [0.1, 0.15) is 0 Å². The van der Waals surface area contributed by atoms with Crippen LogP contribution in [0.4, 0.5) is 8.78 Å². The monoisotopic (exact) mass is 263 g/mol. The van der Waals surface area contributed by atoms with Gasteiger partial charge < -0.3 is 5.11 Å². The van der Waals surface area contributed by atoms with Crippen LogP contribution in [0.5, 0.6) is 0 Å². The Balaban J connectivity index is 1.96. The lowest BCUT2D eigenvalue weighted by molar-refractivity contribution is 0.0230. The predicted molar refractivity (Wildman–Crippen MR) is 64.8 cm³/mol. The van der Waals surface area contributed by atoms with Gasteiger partial charge in [-0.25, -0.2) is 8.78 Å². The first kappa shape index (κ1) is 12.6. The zero-order valence-corrected chi connectivity index (χ0v) is 10.4. The summed E-state index contributed by atoms with van der Waals surface area (Å²) < 4.78 is 26.2. The Morgan fingerprint density at radius 2 is 2.11 bits per heavy atom. The molecule has 0 heterocycles. The lowest BCUT2D eigenvalue weighted by atomic mass is 9.68. The molecular formula is C15H15F2NO. The summed E-state index contributed by atoms with van der Waals surface area (Å²) in [4.78, 5) is 0. The van der Waals surface area contributed by atoms with Crippen molar-refractivity contribution < 1.29 is 13.9 Å². The highest BCUT2D eigenvalue weighted by Gasteiger charge is 2.55. The topological polar surface area (TPSA) is 44.0 Å². The Morgan fingerprint density at radius 3 is 2.63 bits per heavy atom. The van der Waals surface area contributed by atoms with E-state index in [0.717, 1.165) is 31.4 Å². The molecule has 2 aliphatic carbocycles. The average Bonchev–Trinajstić information content (AvgIpc) is 3.02. The van der Waals surface area contributed by atoms with E-state index in [2.05, 4.69) is 6.07 Å². The molecule has 0 aromatic heterocycles. The van der Waals surface area contributed by atoms with E-state index in [-0.39, 0.29) is 5.92 Å². The minimum absolute atomic E-state index is 0.172. The summed E-state index contributed by atoms with van der Waals surface area (Å²) in [7, 11) is 0. The Kier molecular flexibility index (Phi) is 2.83. The molecule has 3 rings (SSSR count). The second-order valence-corrected chi connectivity index (χ2v) is 5.81.